The van der Waals surface area contributed by atoms with E-state index in [0.29, 0.717) is 5.69 Å². The molecule has 1 atom stereocenters. The van der Waals surface area contributed by atoms with Crippen molar-refractivity contribution in [3.05, 3.63) is 59.2 Å². The number of benzene rings is 2. The normalized spacial score (nSPS) is 16.0. The number of rotatable bonds is 6. The molecule has 2 amide bonds. The molecule has 1 heterocycles. The third-order valence-electron chi connectivity index (χ3n) is 5.16. The average molecular weight is 394 g/mol. The van der Waals surface area contributed by atoms with Gasteiger partial charge in [-0.25, -0.2) is 0 Å². The number of amides is 2. The lowest BCUT2D eigenvalue weighted by Crippen LogP contribution is -2.29. The molecular weight excluding hydrogens is 368 g/mol. The van der Waals surface area contributed by atoms with Crippen molar-refractivity contribution in [3.63, 3.8) is 0 Å². The third-order valence-corrected chi connectivity index (χ3v) is 5.16. The summed E-state index contributed by atoms with van der Waals surface area (Å²) in [7, 11) is 0. The molecular formula is C23H26N2O4. The summed E-state index contributed by atoms with van der Waals surface area (Å²) in [5.41, 5.74) is 4.65. The molecule has 1 aliphatic heterocycles. The largest absolute Gasteiger partial charge is 0.455 e. The van der Waals surface area contributed by atoms with E-state index in [0.717, 1.165) is 23.2 Å². The highest BCUT2D eigenvalue weighted by atomic mass is 16.5. The van der Waals surface area contributed by atoms with E-state index in [1.165, 1.54) is 5.56 Å². The van der Waals surface area contributed by atoms with E-state index >= 15 is 0 Å². The monoisotopic (exact) mass is 394 g/mol. The van der Waals surface area contributed by atoms with Gasteiger partial charge in [-0.1, -0.05) is 37.3 Å². The maximum atomic E-state index is 12.5. The summed E-state index contributed by atoms with van der Waals surface area (Å²) >= 11 is 0. The minimum absolute atomic E-state index is 0.0900. The van der Waals surface area contributed by atoms with Crippen LogP contribution >= 0.6 is 0 Å². The van der Waals surface area contributed by atoms with Gasteiger partial charge in [-0.2, -0.15) is 0 Å². The minimum Gasteiger partial charge on any atom is -0.455 e. The Kier molecular flexibility index (Phi) is 6.32. The summed E-state index contributed by atoms with van der Waals surface area (Å²) in [5.74, 6) is -1.61. The first kappa shape index (κ1) is 20.6. The Morgan fingerprint density at radius 1 is 1.10 bits per heavy atom. The Morgan fingerprint density at radius 2 is 1.76 bits per heavy atom. The molecule has 0 saturated carbocycles. The number of esters is 1. The molecule has 0 bridgehead atoms. The van der Waals surface area contributed by atoms with Crippen molar-refractivity contribution in [1.82, 2.24) is 0 Å². The predicted octanol–water partition coefficient (Wildman–Crippen LogP) is 3.40. The van der Waals surface area contributed by atoms with Crippen LogP contribution in [0.1, 0.15) is 30.0 Å². The Balaban J connectivity index is 1.54. The molecule has 6 nitrogen and oxygen atoms in total. The lowest BCUT2D eigenvalue weighted by atomic mass is 10.1. The Morgan fingerprint density at radius 3 is 2.38 bits per heavy atom. The Hall–Kier alpha value is -3.15. The van der Waals surface area contributed by atoms with Crippen LogP contribution in [0, 0.1) is 19.8 Å². The molecule has 29 heavy (non-hydrogen) atoms. The summed E-state index contributed by atoms with van der Waals surface area (Å²) < 4.78 is 5.17. The molecule has 2 aromatic carbocycles. The van der Waals surface area contributed by atoms with Gasteiger partial charge in [-0.05, 0) is 49.1 Å². The second kappa shape index (κ2) is 8.90. The summed E-state index contributed by atoms with van der Waals surface area (Å²) in [6.07, 6.45) is 1.01. The maximum Gasteiger partial charge on any atom is 0.311 e. The first-order valence-electron chi connectivity index (χ1n) is 9.81. The zero-order chi connectivity index (χ0) is 21.0. The summed E-state index contributed by atoms with van der Waals surface area (Å²) in [5, 5.41) is 2.70. The van der Waals surface area contributed by atoms with E-state index in [2.05, 4.69) is 12.2 Å². The van der Waals surface area contributed by atoms with Gasteiger partial charge >= 0.3 is 5.97 Å². The van der Waals surface area contributed by atoms with E-state index in [4.69, 9.17) is 4.74 Å². The van der Waals surface area contributed by atoms with Gasteiger partial charge in [-0.3, -0.25) is 14.4 Å². The van der Waals surface area contributed by atoms with Crippen LogP contribution in [-0.2, 0) is 25.5 Å². The highest BCUT2D eigenvalue weighted by Crippen LogP contribution is 2.31. The molecule has 0 unspecified atom stereocenters. The predicted molar refractivity (Wildman–Crippen MR) is 112 cm³/mol. The molecule has 0 aliphatic carbocycles. The van der Waals surface area contributed by atoms with Crippen LogP contribution in [0.4, 0.5) is 11.4 Å². The van der Waals surface area contributed by atoms with Crippen molar-refractivity contribution in [2.45, 2.75) is 33.6 Å². The number of aryl methyl sites for hydroxylation is 3. The topological polar surface area (TPSA) is 75.7 Å². The number of ether oxygens (including phenoxy) is 1. The van der Waals surface area contributed by atoms with E-state index in [9.17, 15) is 14.4 Å². The lowest BCUT2D eigenvalue weighted by Gasteiger charge is -2.21. The number of anilines is 2. The summed E-state index contributed by atoms with van der Waals surface area (Å²) in [6.45, 7) is 5.84. The zero-order valence-corrected chi connectivity index (χ0v) is 17.0. The average Bonchev–Trinajstić information content (AvgIpc) is 3.08. The van der Waals surface area contributed by atoms with Gasteiger partial charge in [0.2, 0.25) is 5.91 Å². The summed E-state index contributed by atoms with van der Waals surface area (Å²) in [4.78, 5) is 38.6. The first-order chi connectivity index (χ1) is 13.9. The number of nitrogens with zero attached hydrogens (tertiary/aromatic N) is 1. The van der Waals surface area contributed by atoms with Crippen LogP contribution in [0.25, 0.3) is 0 Å². The van der Waals surface area contributed by atoms with Gasteiger partial charge in [-0.15, -0.1) is 0 Å². The van der Waals surface area contributed by atoms with Crippen molar-refractivity contribution < 1.29 is 19.1 Å². The number of hydrogen-bond acceptors (Lipinski definition) is 4. The number of carbonyl (C=O) groups excluding carboxylic acids is 3. The van der Waals surface area contributed by atoms with Crippen LogP contribution in [0.5, 0.6) is 0 Å². The van der Waals surface area contributed by atoms with Crippen LogP contribution in [0.3, 0.4) is 0 Å². The van der Waals surface area contributed by atoms with E-state index in [-0.39, 0.29) is 25.5 Å². The molecule has 0 radical (unpaired) electrons. The van der Waals surface area contributed by atoms with Crippen molar-refractivity contribution >= 4 is 29.2 Å². The number of para-hydroxylation sites is 1. The number of hydrogen-bond donors (Lipinski definition) is 1. The van der Waals surface area contributed by atoms with Crippen molar-refractivity contribution in [1.29, 1.82) is 0 Å². The fourth-order valence-corrected chi connectivity index (χ4v) is 3.59. The second-order valence-electron chi connectivity index (χ2n) is 7.35. The molecule has 1 aliphatic rings. The van der Waals surface area contributed by atoms with Crippen LogP contribution in [0.2, 0.25) is 0 Å². The fraction of sp³-hybridized carbons (Fsp3) is 0.348. The van der Waals surface area contributed by atoms with Gasteiger partial charge in [0.1, 0.15) is 0 Å². The number of nitrogens with one attached hydrogen (secondary N) is 1. The number of carbonyl (C=O) groups is 3. The molecule has 6 heteroatoms. The molecule has 1 saturated heterocycles. The summed E-state index contributed by atoms with van der Waals surface area (Å²) in [6, 6.07) is 13.3. The molecule has 2 aromatic rings. The lowest BCUT2D eigenvalue weighted by molar-refractivity contribution is -0.151. The van der Waals surface area contributed by atoms with Gasteiger partial charge in [0.15, 0.2) is 6.61 Å². The van der Waals surface area contributed by atoms with Gasteiger partial charge in [0.25, 0.3) is 5.91 Å². The van der Waals surface area contributed by atoms with Crippen molar-refractivity contribution in [2.75, 3.05) is 23.4 Å². The SMILES string of the molecule is CCc1ccc(NC(=O)COC(=O)[C@@H]2CC(=O)N(c3c(C)cccc3C)C2)cc1. The minimum atomic E-state index is -0.571. The molecule has 0 spiro atoms. The highest BCUT2D eigenvalue weighted by Gasteiger charge is 2.37. The van der Waals surface area contributed by atoms with Gasteiger partial charge in [0, 0.05) is 24.3 Å². The van der Waals surface area contributed by atoms with E-state index in [1.807, 2.05) is 56.3 Å². The van der Waals surface area contributed by atoms with E-state index < -0.39 is 17.8 Å². The molecule has 152 valence electrons. The molecule has 0 aromatic heterocycles. The standard InChI is InChI=1S/C23H26N2O4/c1-4-17-8-10-19(11-9-17)24-20(26)14-29-23(28)18-12-21(27)25(13-18)22-15(2)6-5-7-16(22)3/h5-11,18H,4,12-14H2,1-3H3,(H,24,26)/t18-/m1/s1. The fourth-order valence-electron chi connectivity index (χ4n) is 3.59. The van der Waals surface area contributed by atoms with Crippen LogP contribution in [-0.4, -0.2) is 30.9 Å². The highest BCUT2D eigenvalue weighted by molar-refractivity contribution is 6.01. The van der Waals surface area contributed by atoms with E-state index in [1.54, 1.807) is 4.90 Å². The third kappa shape index (κ3) is 4.83. The second-order valence-corrected chi connectivity index (χ2v) is 7.35. The van der Waals surface area contributed by atoms with Crippen LogP contribution < -0.4 is 10.2 Å². The Bertz CT molecular complexity index is 901. The smallest absolute Gasteiger partial charge is 0.311 e. The Labute approximate surface area is 170 Å². The van der Waals surface area contributed by atoms with Gasteiger partial charge in [0.05, 0.1) is 5.92 Å². The van der Waals surface area contributed by atoms with Crippen LogP contribution in [0.15, 0.2) is 42.5 Å². The molecule has 1 fully saturated rings. The maximum absolute atomic E-state index is 12.5. The molecule has 3 rings (SSSR count). The zero-order valence-electron chi connectivity index (χ0n) is 17.0. The first-order valence-corrected chi connectivity index (χ1v) is 9.81. The quantitative estimate of drug-likeness (QED) is 0.762. The van der Waals surface area contributed by atoms with Crippen molar-refractivity contribution in [2.24, 2.45) is 5.92 Å². The van der Waals surface area contributed by atoms with Crippen molar-refractivity contribution in [3.8, 4) is 0 Å². The van der Waals surface area contributed by atoms with Gasteiger partial charge < -0.3 is 15.0 Å². The molecule has 1 N–H and O–H groups in total.